The lowest BCUT2D eigenvalue weighted by atomic mass is 10.1. The van der Waals surface area contributed by atoms with Crippen molar-refractivity contribution >= 4 is 30.9 Å². The molecule has 9 heteroatoms. The predicted molar refractivity (Wildman–Crippen MR) is 97.8 cm³/mol. The van der Waals surface area contributed by atoms with Crippen molar-refractivity contribution in [3.05, 3.63) is 40.3 Å². The molecule has 0 aliphatic heterocycles. The molecular formula is C16H14ClN7Si. The molecule has 0 fully saturated rings. The van der Waals surface area contributed by atoms with E-state index in [1.54, 1.807) is 12.1 Å². The van der Waals surface area contributed by atoms with Crippen molar-refractivity contribution in [2.45, 2.75) is 19.6 Å². The number of allylic oxidation sites excluding steroid dienone is 1. The Bertz CT molecular complexity index is 948. The number of benzene rings is 1. The van der Waals surface area contributed by atoms with E-state index in [0.717, 1.165) is 0 Å². The summed E-state index contributed by atoms with van der Waals surface area (Å²) in [5.41, 5.74) is 5.00. The first-order valence-corrected chi connectivity index (χ1v) is 11.1. The average Bonchev–Trinajstić information content (AvgIpc) is 3.08. The SMILES string of the molecule is C[Si](C)(C)C#Cc1cc(C#N)c(Cl)cc1NC=C(C#N)c1nn[nH]n1. The minimum atomic E-state index is -1.60. The topological polar surface area (TPSA) is 114 Å². The van der Waals surface area contributed by atoms with Gasteiger partial charge in [-0.05, 0) is 17.3 Å². The molecule has 0 radical (unpaired) electrons. The number of aromatic amines is 1. The zero-order valence-electron chi connectivity index (χ0n) is 13.8. The summed E-state index contributed by atoms with van der Waals surface area (Å²) in [5, 5.41) is 34.9. The quantitative estimate of drug-likeness (QED) is 0.489. The van der Waals surface area contributed by atoms with Crippen molar-refractivity contribution in [3.8, 4) is 23.6 Å². The van der Waals surface area contributed by atoms with Gasteiger partial charge in [-0.3, -0.25) is 0 Å². The molecular weight excluding hydrogens is 354 g/mol. The van der Waals surface area contributed by atoms with Crippen molar-refractivity contribution in [2.75, 3.05) is 5.32 Å². The van der Waals surface area contributed by atoms with E-state index < -0.39 is 8.07 Å². The number of aromatic nitrogens is 4. The first-order valence-electron chi connectivity index (χ1n) is 7.21. The Morgan fingerprint density at radius 3 is 2.60 bits per heavy atom. The standard InChI is InChI=1S/C16H14ClN7Si/c1-25(2,3)5-4-11-6-12(8-18)14(17)7-15(11)20-10-13(9-19)16-21-23-24-22-16/h6-7,10,20H,1-3H3,(H,21,22,23,24). The zero-order valence-corrected chi connectivity index (χ0v) is 15.6. The number of hydrogen-bond acceptors (Lipinski definition) is 6. The minimum Gasteiger partial charge on any atom is -0.359 e. The van der Waals surface area contributed by atoms with Gasteiger partial charge in [0.2, 0.25) is 5.82 Å². The molecule has 2 aromatic rings. The van der Waals surface area contributed by atoms with Crippen LogP contribution in [0.15, 0.2) is 18.3 Å². The summed E-state index contributed by atoms with van der Waals surface area (Å²) < 4.78 is 0. The lowest BCUT2D eigenvalue weighted by Crippen LogP contribution is -2.16. The number of nitriles is 2. The molecule has 0 amide bonds. The van der Waals surface area contributed by atoms with Gasteiger partial charge in [-0.15, -0.1) is 15.7 Å². The van der Waals surface area contributed by atoms with E-state index in [9.17, 15) is 5.26 Å². The Balaban J connectivity index is 2.45. The molecule has 0 aliphatic rings. The van der Waals surface area contributed by atoms with Gasteiger partial charge in [0.05, 0.1) is 16.3 Å². The number of nitrogens with zero attached hydrogens (tertiary/aromatic N) is 5. The lowest BCUT2D eigenvalue weighted by molar-refractivity contribution is 0.881. The summed E-state index contributed by atoms with van der Waals surface area (Å²) in [6, 6.07) is 7.27. The maximum atomic E-state index is 9.22. The van der Waals surface area contributed by atoms with Crippen LogP contribution in [-0.4, -0.2) is 28.7 Å². The van der Waals surface area contributed by atoms with Gasteiger partial charge in [0, 0.05) is 11.8 Å². The highest BCUT2D eigenvalue weighted by molar-refractivity contribution is 6.83. The Kier molecular flexibility index (Phi) is 5.56. The van der Waals surface area contributed by atoms with Gasteiger partial charge in [0.1, 0.15) is 25.8 Å². The van der Waals surface area contributed by atoms with Gasteiger partial charge >= 0.3 is 0 Å². The predicted octanol–water partition coefficient (Wildman–Crippen LogP) is 2.93. The maximum absolute atomic E-state index is 9.22. The molecule has 7 nitrogen and oxygen atoms in total. The van der Waals surface area contributed by atoms with Crippen LogP contribution in [0.3, 0.4) is 0 Å². The smallest absolute Gasteiger partial charge is 0.216 e. The summed E-state index contributed by atoms with van der Waals surface area (Å²) in [6.07, 6.45) is 1.45. The number of hydrogen-bond donors (Lipinski definition) is 2. The number of H-pyrrole nitrogens is 1. The van der Waals surface area contributed by atoms with Gasteiger partial charge in [-0.2, -0.15) is 15.7 Å². The van der Waals surface area contributed by atoms with Gasteiger partial charge in [0.15, 0.2) is 0 Å². The third-order valence-corrected chi connectivity index (χ3v) is 4.07. The third-order valence-electron chi connectivity index (χ3n) is 2.88. The molecule has 0 unspecified atom stereocenters. The molecule has 1 aromatic carbocycles. The van der Waals surface area contributed by atoms with E-state index in [2.05, 4.69) is 57.0 Å². The Morgan fingerprint density at radius 1 is 1.28 bits per heavy atom. The summed E-state index contributed by atoms with van der Waals surface area (Å²) in [7, 11) is -1.60. The third kappa shape index (κ3) is 4.92. The van der Waals surface area contributed by atoms with E-state index in [0.29, 0.717) is 21.8 Å². The molecule has 2 N–H and O–H groups in total. The summed E-state index contributed by atoms with van der Waals surface area (Å²) in [6.45, 7) is 6.37. The molecule has 25 heavy (non-hydrogen) atoms. The average molecular weight is 368 g/mol. The molecule has 0 spiro atoms. The molecule has 0 saturated carbocycles. The van der Waals surface area contributed by atoms with Crippen molar-refractivity contribution in [1.29, 1.82) is 10.5 Å². The molecule has 0 atom stereocenters. The number of anilines is 1. The fraction of sp³-hybridized carbons (Fsp3) is 0.188. The second kappa shape index (κ2) is 7.63. The second-order valence-corrected chi connectivity index (χ2v) is 11.2. The summed E-state index contributed by atoms with van der Waals surface area (Å²) >= 11 is 6.11. The van der Waals surface area contributed by atoms with Crippen LogP contribution in [0.4, 0.5) is 5.69 Å². The zero-order chi connectivity index (χ0) is 18.4. The maximum Gasteiger partial charge on any atom is 0.216 e. The van der Waals surface area contributed by atoms with Crippen molar-refractivity contribution in [2.24, 2.45) is 0 Å². The number of nitrogens with one attached hydrogen (secondary N) is 2. The molecule has 124 valence electrons. The van der Waals surface area contributed by atoms with Crippen molar-refractivity contribution < 1.29 is 0 Å². The van der Waals surface area contributed by atoms with Crippen molar-refractivity contribution in [3.63, 3.8) is 0 Å². The van der Waals surface area contributed by atoms with E-state index in [1.807, 2.05) is 12.1 Å². The highest BCUT2D eigenvalue weighted by Crippen LogP contribution is 2.25. The van der Waals surface area contributed by atoms with Gasteiger partial charge in [0.25, 0.3) is 0 Å². The molecule has 1 aromatic heterocycles. The van der Waals surface area contributed by atoms with Crippen LogP contribution in [0.5, 0.6) is 0 Å². The van der Waals surface area contributed by atoms with Crippen LogP contribution in [-0.2, 0) is 0 Å². The normalized spacial score (nSPS) is 11.0. The lowest BCUT2D eigenvalue weighted by Gasteiger charge is -2.08. The van der Waals surface area contributed by atoms with Gasteiger partial charge in [-0.1, -0.05) is 37.2 Å². The van der Waals surface area contributed by atoms with E-state index in [-0.39, 0.29) is 11.4 Å². The first kappa shape index (κ1) is 18.2. The fourth-order valence-electron chi connectivity index (χ4n) is 1.71. The number of tetrazole rings is 1. The minimum absolute atomic E-state index is 0.171. The molecule has 1 heterocycles. The second-order valence-electron chi connectivity index (χ2n) is 6.04. The van der Waals surface area contributed by atoms with Crippen molar-refractivity contribution in [1.82, 2.24) is 20.6 Å². The van der Waals surface area contributed by atoms with Crippen LogP contribution in [0.25, 0.3) is 5.57 Å². The van der Waals surface area contributed by atoms with Crippen LogP contribution >= 0.6 is 11.6 Å². The highest BCUT2D eigenvalue weighted by atomic mass is 35.5. The molecule has 0 bridgehead atoms. The van der Waals surface area contributed by atoms with E-state index in [1.165, 1.54) is 6.20 Å². The van der Waals surface area contributed by atoms with Gasteiger partial charge in [-0.25, -0.2) is 0 Å². The van der Waals surface area contributed by atoms with E-state index in [4.69, 9.17) is 16.9 Å². The van der Waals surface area contributed by atoms with Crippen LogP contribution in [0.2, 0.25) is 24.7 Å². The molecule has 0 aliphatic carbocycles. The Labute approximate surface area is 151 Å². The monoisotopic (exact) mass is 367 g/mol. The summed E-state index contributed by atoms with van der Waals surface area (Å²) in [5.74, 6) is 3.28. The molecule has 2 rings (SSSR count). The van der Waals surface area contributed by atoms with Crippen LogP contribution in [0, 0.1) is 34.1 Å². The Morgan fingerprint density at radius 2 is 2.04 bits per heavy atom. The highest BCUT2D eigenvalue weighted by Gasteiger charge is 2.11. The first-order chi connectivity index (χ1) is 11.8. The van der Waals surface area contributed by atoms with E-state index >= 15 is 0 Å². The number of halogens is 1. The van der Waals surface area contributed by atoms with Crippen LogP contribution in [0.1, 0.15) is 17.0 Å². The summed E-state index contributed by atoms with van der Waals surface area (Å²) in [4.78, 5) is 0. The largest absolute Gasteiger partial charge is 0.359 e. The van der Waals surface area contributed by atoms with Gasteiger partial charge < -0.3 is 5.32 Å². The molecule has 0 saturated heterocycles. The van der Waals surface area contributed by atoms with Crippen LogP contribution < -0.4 is 5.32 Å². The number of rotatable bonds is 3. The fourth-order valence-corrected chi connectivity index (χ4v) is 2.42. The Hall–Kier alpha value is -3.12.